The molecular formula is C22H21N3O2. The number of pyridine rings is 1. The molecule has 136 valence electrons. The van der Waals surface area contributed by atoms with Gasteiger partial charge in [-0.05, 0) is 50.6 Å². The van der Waals surface area contributed by atoms with Gasteiger partial charge in [0.25, 0.3) is 5.91 Å². The van der Waals surface area contributed by atoms with E-state index in [0.29, 0.717) is 16.8 Å². The summed E-state index contributed by atoms with van der Waals surface area (Å²) in [6, 6.07) is 14.8. The van der Waals surface area contributed by atoms with Gasteiger partial charge in [-0.25, -0.2) is 0 Å². The Labute approximate surface area is 158 Å². The Bertz CT molecular complexity index is 1010. The quantitative estimate of drug-likeness (QED) is 0.636. The maximum Gasteiger partial charge on any atom is 0.257 e. The van der Waals surface area contributed by atoms with Crippen molar-refractivity contribution in [3.05, 3.63) is 83.2 Å². The number of ketones is 1. The van der Waals surface area contributed by atoms with E-state index in [1.807, 2.05) is 44.2 Å². The summed E-state index contributed by atoms with van der Waals surface area (Å²) < 4.78 is 0. The third kappa shape index (κ3) is 4.58. The van der Waals surface area contributed by atoms with Gasteiger partial charge in [-0.15, -0.1) is 0 Å². The van der Waals surface area contributed by atoms with E-state index in [0.717, 1.165) is 22.5 Å². The van der Waals surface area contributed by atoms with Crippen molar-refractivity contribution in [1.82, 2.24) is 4.98 Å². The number of amides is 1. The normalized spacial score (nSPS) is 10.3. The van der Waals surface area contributed by atoms with Crippen LogP contribution in [0.3, 0.4) is 0 Å². The Hall–Kier alpha value is -3.47. The molecule has 27 heavy (non-hydrogen) atoms. The molecule has 0 aliphatic carbocycles. The van der Waals surface area contributed by atoms with E-state index >= 15 is 0 Å². The molecule has 0 radical (unpaired) electrons. The van der Waals surface area contributed by atoms with E-state index in [1.54, 1.807) is 24.4 Å². The molecule has 3 aromatic rings. The van der Waals surface area contributed by atoms with Crippen LogP contribution in [-0.2, 0) is 0 Å². The van der Waals surface area contributed by atoms with Crippen LogP contribution in [0.25, 0.3) is 0 Å². The number of carbonyl (C=O) groups is 2. The van der Waals surface area contributed by atoms with Crippen LogP contribution in [0.4, 0.5) is 17.1 Å². The van der Waals surface area contributed by atoms with Crippen LogP contribution in [0.2, 0.25) is 0 Å². The van der Waals surface area contributed by atoms with E-state index in [4.69, 9.17) is 0 Å². The number of anilines is 3. The molecule has 1 amide bonds. The smallest absolute Gasteiger partial charge is 0.257 e. The molecule has 1 aromatic heterocycles. The number of Topliss-reactive ketones (excluding diaryl/α,β-unsaturated/α-hetero) is 1. The predicted octanol–water partition coefficient (Wildman–Crippen LogP) is 4.90. The standard InChI is InChI=1S/C22H21N3O2/c1-14-7-8-21(15(2)9-14)25-22(27)18-11-20(13-23-12-18)24-19-6-4-5-17(10-19)16(3)26/h4-13,24H,1-3H3,(H,25,27). The Morgan fingerprint density at radius 2 is 1.67 bits per heavy atom. The molecule has 3 rings (SSSR count). The number of hydrogen-bond acceptors (Lipinski definition) is 4. The minimum absolute atomic E-state index is 0.00151. The minimum atomic E-state index is -0.226. The van der Waals surface area contributed by atoms with Gasteiger partial charge in [0, 0.05) is 23.1 Å². The van der Waals surface area contributed by atoms with Crippen LogP contribution in [0.15, 0.2) is 60.9 Å². The molecule has 0 spiro atoms. The first-order valence-corrected chi connectivity index (χ1v) is 8.64. The van der Waals surface area contributed by atoms with Crippen molar-refractivity contribution in [1.29, 1.82) is 0 Å². The highest BCUT2D eigenvalue weighted by molar-refractivity contribution is 6.05. The zero-order valence-corrected chi connectivity index (χ0v) is 15.5. The first-order valence-electron chi connectivity index (χ1n) is 8.64. The first-order chi connectivity index (χ1) is 12.9. The number of rotatable bonds is 5. The monoisotopic (exact) mass is 359 g/mol. The van der Waals surface area contributed by atoms with Gasteiger partial charge in [0.15, 0.2) is 5.78 Å². The molecule has 2 N–H and O–H groups in total. The van der Waals surface area contributed by atoms with Crippen molar-refractivity contribution in [2.24, 2.45) is 0 Å². The van der Waals surface area contributed by atoms with Crippen molar-refractivity contribution >= 4 is 28.8 Å². The number of aromatic nitrogens is 1. The van der Waals surface area contributed by atoms with Gasteiger partial charge in [0.2, 0.25) is 0 Å². The number of benzene rings is 2. The average Bonchev–Trinajstić information content (AvgIpc) is 2.64. The fourth-order valence-corrected chi connectivity index (χ4v) is 2.76. The van der Waals surface area contributed by atoms with Crippen molar-refractivity contribution < 1.29 is 9.59 Å². The van der Waals surface area contributed by atoms with Crippen LogP contribution < -0.4 is 10.6 Å². The van der Waals surface area contributed by atoms with E-state index in [2.05, 4.69) is 15.6 Å². The van der Waals surface area contributed by atoms with E-state index in [9.17, 15) is 9.59 Å². The minimum Gasteiger partial charge on any atom is -0.354 e. The number of nitrogens with zero attached hydrogens (tertiary/aromatic N) is 1. The summed E-state index contributed by atoms with van der Waals surface area (Å²) in [4.78, 5) is 28.2. The highest BCUT2D eigenvalue weighted by atomic mass is 16.1. The van der Waals surface area contributed by atoms with Crippen LogP contribution in [0.1, 0.15) is 38.8 Å². The third-order valence-electron chi connectivity index (χ3n) is 4.19. The SMILES string of the molecule is CC(=O)c1cccc(Nc2cncc(C(=O)Nc3ccc(C)cc3C)c2)c1. The second kappa shape index (κ2) is 7.83. The highest BCUT2D eigenvalue weighted by Crippen LogP contribution is 2.20. The van der Waals surface area contributed by atoms with Gasteiger partial charge in [-0.1, -0.05) is 29.8 Å². The molecule has 0 bridgehead atoms. The fraction of sp³-hybridized carbons (Fsp3) is 0.136. The van der Waals surface area contributed by atoms with Gasteiger partial charge < -0.3 is 10.6 Å². The van der Waals surface area contributed by atoms with Crippen LogP contribution in [0, 0.1) is 13.8 Å². The van der Waals surface area contributed by atoms with Gasteiger partial charge >= 0.3 is 0 Å². The Morgan fingerprint density at radius 3 is 2.41 bits per heavy atom. The van der Waals surface area contributed by atoms with Crippen molar-refractivity contribution in [3.63, 3.8) is 0 Å². The lowest BCUT2D eigenvalue weighted by molar-refractivity contribution is 0.101. The summed E-state index contributed by atoms with van der Waals surface area (Å²) in [7, 11) is 0. The van der Waals surface area contributed by atoms with E-state index in [-0.39, 0.29) is 11.7 Å². The van der Waals surface area contributed by atoms with Crippen molar-refractivity contribution in [3.8, 4) is 0 Å². The van der Waals surface area contributed by atoms with Gasteiger partial charge in [-0.3, -0.25) is 14.6 Å². The molecule has 5 heteroatoms. The maximum absolute atomic E-state index is 12.6. The van der Waals surface area contributed by atoms with Gasteiger partial charge in [0.05, 0.1) is 17.4 Å². The number of nitrogens with one attached hydrogen (secondary N) is 2. The predicted molar refractivity (Wildman–Crippen MR) is 108 cm³/mol. The number of aryl methyl sites for hydroxylation is 2. The summed E-state index contributed by atoms with van der Waals surface area (Å²) >= 11 is 0. The Kier molecular flexibility index (Phi) is 5.31. The van der Waals surface area contributed by atoms with Gasteiger partial charge in [-0.2, -0.15) is 0 Å². The number of hydrogen-bond donors (Lipinski definition) is 2. The third-order valence-corrected chi connectivity index (χ3v) is 4.19. The second-order valence-electron chi connectivity index (χ2n) is 6.50. The summed E-state index contributed by atoms with van der Waals surface area (Å²) in [6.07, 6.45) is 3.16. The lowest BCUT2D eigenvalue weighted by Gasteiger charge is -2.11. The average molecular weight is 359 g/mol. The summed E-state index contributed by atoms with van der Waals surface area (Å²) in [5.41, 5.74) is 5.43. The molecule has 1 heterocycles. The number of carbonyl (C=O) groups excluding carboxylic acids is 2. The summed E-state index contributed by atoms with van der Waals surface area (Å²) in [5.74, 6) is -0.228. The zero-order chi connectivity index (χ0) is 19.4. The molecule has 0 fully saturated rings. The highest BCUT2D eigenvalue weighted by Gasteiger charge is 2.10. The topological polar surface area (TPSA) is 71.1 Å². The van der Waals surface area contributed by atoms with Crippen molar-refractivity contribution in [2.75, 3.05) is 10.6 Å². The second-order valence-corrected chi connectivity index (χ2v) is 6.50. The molecule has 5 nitrogen and oxygen atoms in total. The zero-order valence-electron chi connectivity index (χ0n) is 15.5. The summed E-state index contributed by atoms with van der Waals surface area (Å²) in [5, 5.41) is 6.10. The van der Waals surface area contributed by atoms with Crippen LogP contribution in [-0.4, -0.2) is 16.7 Å². The summed E-state index contributed by atoms with van der Waals surface area (Å²) in [6.45, 7) is 5.50. The molecule has 0 unspecified atom stereocenters. The first kappa shape index (κ1) is 18.3. The van der Waals surface area contributed by atoms with Gasteiger partial charge in [0.1, 0.15) is 0 Å². The van der Waals surface area contributed by atoms with Crippen LogP contribution in [0.5, 0.6) is 0 Å². The lowest BCUT2D eigenvalue weighted by atomic mass is 10.1. The molecule has 0 saturated carbocycles. The molecule has 0 saturated heterocycles. The fourth-order valence-electron chi connectivity index (χ4n) is 2.76. The molecule has 2 aromatic carbocycles. The van der Waals surface area contributed by atoms with E-state index < -0.39 is 0 Å². The van der Waals surface area contributed by atoms with E-state index in [1.165, 1.54) is 13.1 Å². The molecule has 0 atom stereocenters. The molecule has 0 aliphatic heterocycles. The lowest BCUT2D eigenvalue weighted by Crippen LogP contribution is -2.13. The molecule has 0 aliphatic rings. The molecular weight excluding hydrogens is 338 g/mol. The largest absolute Gasteiger partial charge is 0.354 e. The Balaban J connectivity index is 1.77. The van der Waals surface area contributed by atoms with Crippen LogP contribution >= 0.6 is 0 Å². The maximum atomic E-state index is 12.6. The Morgan fingerprint density at radius 1 is 0.889 bits per heavy atom. The van der Waals surface area contributed by atoms with Crippen molar-refractivity contribution in [2.45, 2.75) is 20.8 Å².